The molecule has 2 heterocycles. The molecule has 118 valence electrons. The van der Waals surface area contributed by atoms with E-state index < -0.39 is 0 Å². The minimum absolute atomic E-state index is 0.103. The number of nitrogens with zero attached hydrogens (tertiary/aromatic N) is 3. The molecule has 0 spiro atoms. The van der Waals surface area contributed by atoms with Gasteiger partial charge in [0.2, 0.25) is 0 Å². The van der Waals surface area contributed by atoms with Crippen LogP contribution in [0.1, 0.15) is 20.7 Å². The summed E-state index contributed by atoms with van der Waals surface area (Å²) in [5, 5.41) is 11.9. The molecule has 8 nitrogen and oxygen atoms in total. The molecule has 1 aromatic rings. The number of amides is 2. The molecule has 2 aliphatic rings. The maximum Gasteiger partial charge on any atom is 0.276 e. The zero-order valence-electron chi connectivity index (χ0n) is 12.2. The smallest absolute Gasteiger partial charge is 0.276 e. The van der Waals surface area contributed by atoms with Gasteiger partial charge in [0.25, 0.3) is 11.8 Å². The maximum atomic E-state index is 12.5. The topological polar surface area (TPSA) is 116 Å². The maximum absolute atomic E-state index is 12.5. The molecule has 0 atom stereocenters. The molecular weight excluding hydrogens is 286 g/mol. The Morgan fingerprint density at radius 3 is 1.91 bits per heavy atom. The lowest BCUT2D eigenvalue weighted by Crippen LogP contribution is -2.55. The number of anilines is 2. The van der Waals surface area contributed by atoms with Crippen molar-refractivity contribution in [1.82, 2.24) is 14.9 Å². The summed E-state index contributed by atoms with van der Waals surface area (Å²) in [4.78, 5) is 27.1. The second-order valence-electron chi connectivity index (χ2n) is 5.47. The van der Waals surface area contributed by atoms with Gasteiger partial charge >= 0.3 is 0 Å². The summed E-state index contributed by atoms with van der Waals surface area (Å²) in [5.41, 5.74) is 12.7. The van der Waals surface area contributed by atoms with E-state index >= 15 is 0 Å². The number of carbonyl (C=O) groups is 2. The molecule has 0 bridgehead atoms. The van der Waals surface area contributed by atoms with Crippen molar-refractivity contribution < 1.29 is 14.7 Å². The average Bonchev–Trinajstić information content (AvgIpc) is 2.73. The van der Waals surface area contributed by atoms with Gasteiger partial charge in [0.05, 0.1) is 29.1 Å². The minimum atomic E-state index is -0.359. The van der Waals surface area contributed by atoms with Crippen LogP contribution in [0.2, 0.25) is 0 Å². The van der Waals surface area contributed by atoms with Crippen LogP contribution in [0.25, 0.3) is 0 Å². The zero-order valence-corrected chi connectivity index (χ0v) is 12.2. The van der Waals surface area contributed by atoms with Crippen LogP contribution in [0.5, 0.6) is 0 Å². The fraction of sp³-hybridized carbons (Fsp3) is 0.429. The van der Waals surface area contributed by atoms with Crippen molar-refractivity contribution >= 4 is 23.2 Å². The molecule has 1 fully saturated rings. The number of hydrogen-bond donors (Lipinski definition) is 3. The standard InChI is InChI=1S/C14H19N5O3/c15-11-7-9-10(8-12(11)16)14(22)19(13(9)21)18-3-1-17(2-4-18)5-6-20/h7-8,20H,1-6,15-16H2. The highest BCUT2D eigenvalue weighted by atomic mass is 16.3. The van der Waals surface area contributed by atoms with Crippen LogP contribution in [0.3, 0.4) is 0 Å². The highest BCUT2D eigenvalue weighted by Crippen LogP contribution is 2.30. The van der Waals surface area contributed by atoms with Crippen molar-refractivity contribution in [2.45, 2.75) is 0 Å². The summed E-state index contributed by atoms with van der Waals surface area (Å²) >= 11 is 0. The van der Waals surface area contributed by atoms with E-state index in [0.717, 1.165) is 0 Å². The number of nitrogens with two attached hydrogens (primary N) is 2. The first kappa shape index (κ1) is 14.8. The first-order valence-corrected chi connectivity index (χ1v) is 7.18. The van der Waals surface area contributed by atoms with Crippen LogP contribution < -0.4 is 11.5 Å². The molecule has 5 N–H and O–H groups in total. The summed E-state index contributed by atoms with van der Waals surface area (Å²) < 4.78 is 0. The van der Waals surface area contributed by atoms with Gasteiger partial charge in [-0.05, 0) is 12.1 Å². The number of aliphatic hydroxyl groups excluding tert-OH is 1. The van der Waals surface area contributed by atoms with Crippen LogP contribution in [-0.2, 0) is 0 Å². The van der Waals surface area contributed by atoms with E-state index in [-0.39, 0.29) is 18.4 Å². The van der Waals surface area contributed by atoms with Gasteiger partial charge in [0, 0.05) is 32.7 Å². The van der Waals surface area contributed by atoms with Crippen LogP contribution in [0.15, 0.2) is 12.1 Å². The summed E-state index contributed by atoms with van der Waals surface area (Å²) in [6.45, 7) is 3.19. The van der Waals surface area contributed by atoms with E-state index in [1.807, 2.05) is 0 Å². The number of imide groups is 1. The number of β-amino-alcohol motifs (C(OH)–C–C–N with tert-alkyl or cyclic N) is 1. The van der Waals surface area contributed by atoms with Crippen molar-refractivity contribution in [1.29, 1.82) is 0 Å². The van der Waals surface area contributed by atoms with E-state index in [1.54, 1.807) is 5.01 Å². The van der Waals surface area contributed by atoms with Crippen molar-refractivity contribution in [3.8, 4) is 0 Å². The van der Waals surface area contributed by atoms with E-state index in [4.69, 9.17) is 16.6 Å². The van der Waals surface area contributed by atoms with E-state index in [9.17, 15) is 9.59 Å². The molecule has 0 unspecified atom stereocenters. The van der Waals surface area contributed by atoms with Gasteiger partial charge in [-0.3, -0.25) is 14.5 Å². The van der Waals surface area contributed by atoms with E-state index in [1.165, 1.54) is 17.1 Å². The second kappa shape index (κ2) is 5.56. The quantitative estimate of drug-likeness (QED) is 0.483. The predicted molar refractivity (Wildman–Crippen MR) is 80.9 cm³/mol. The van der Waals surface area contributed by atoms with Crippen molar-refractivity contribution in [3.05, 3.63) is 23.3 Å². The van der Waals surface area contributed by atoms with Gasteiger partial charge in [-0.25, -0.2) is 10.0 Å². The number of benzene rings is 1. The number of hydrogen-bond acceptors (Lipinski definition) is 7. The fourth-order valence-electron chi connectivity index (χ4n) is 2.87. The lowest BCUT2D eigenvalue weighted by atomic mass is 10.1. The molecule has 8 heteroatoms. The normalized spacial score (nSPS) is 19.8. The Morgan fingerprint density at radius 2 is 1.45 bits per heavy atom. The first-order valence-electron chi connectivity index (χ1n) is 7.18. The third-order valence-electron chi connectivity index (χ3n) is 4.12. The first-order chi connectivity index (χ1) is 10.5. The molecule has 2 amide bonds. The van der Waals surface area contributed by atoms with Gasteiger partial charge in [0.15, 0.2) is 0 Å². The van der Waals surface area contributed by atoms with Crippen molar-refractivity contribution in [2.75, 3.05) is 50.8 Å². The number of fused-ring (bicyclic) bond motifs is 1. The number of carbonyl (C=O) groups excluding carboxylic acids is 2. The van der Waals surface area contributed by atoms with Gasteiger partial charge in [-0.15, -0.1) is 0 Å². The largest absolute Gasteiger partial charge is 0.397 e. The molecule has 1 aromatic carbocycles. The Morgan fingerprint density at radius 1 is 0.955 bits per heavy atom. The molecule has 0 radical (unpaired) electrons. The zero-order chi connectivity index (χ0) is 15.9. The third kappa shape index (κ3) is 2.31. The van der Waals surface area contributed by atoms with Crippen LogP contribution in [0.4, 0.5) is 11.4 Å². The Bertz CT molecular complexity index is 584. The van der Waals surface area contributed by atoms with Crippen molar-refractivity contribution in [2.24, 2.45) is 0 Å². The number of piperazine rings is 1. The summed E-state index contributed by atoms with van der Waals surface area (Å²) in [6.07, 6.45) is 0. The second-order valence-corrected chi connectivity index (χ2v) is 5.47. The Labute approximate surface area is 127 Å². The molecule has 2 aliphatic heterocycles. The predicted octanol–water partition coefficient (Wildman–Crippen LogP) is -1.03. The average molecular weight is 305 g/mol. The van der Waals surface area contributed by atoms with Gasteiger partial charge in [0.1, 0.15) is 0 Å². The molecule has 0 saturated carbocycles. The van der Waals surface area contributed by atoms with Crippen molar-refractivity contribution in [3.63, 3.8) is 0 Å². The summed E-state index contributed by atoms with van der Waals surface area (Å²) in [5.74, 6) is -0.718. The van der Waals surface area contributed by atoms with Gasteiger partial charge < -0.3 is 16.6 Å². The SMILES string of the molecule is Nc1cc2c(cc1N)C(=O)N(N1CCN(CCO)CC1)C2=O. The highest BCUT2D eigenvalue weighted by Gasteiger charge is 2.40. The van der Waals surface area contributed by atoms with Gasteiger partial charge in [-0.1, -0.05) is 0 Å². The fourth-order valence-corrected chi connectivity index (χ4v) is 2.87. The number of hydrazine groups is 1. The summed E-state index contributed by atoms with van der Waals surface area (Å²) in [6, 6.07) is 2.93. The third-order valence-corrected chi connectivity index (χ3v) is 4.12. The number of rotatable bonds is 3. The molecule has 0 aromatic heterocycles. The van der Waals surface area contributed by atoms with Crippen LogP contribution >= 0.6 is 0 Å². The Balaban J connectivity index is 1.80. The molecular formula is C14H19N5O3. The lowest BCUT2D eigenvalue weighted by Gasteiger charge is -2.37. The summed E-state index contributed by atoms with van der Waals surface area (Å²) in [7, 11) is 0. The molecule has 0 aliphatic carbocycles. The lowest BCUT2D eigenvalue weighted by molar-refractivity contribution is -0.0227. The van der Waals surface area contributed by atoms with E-state index in [2.05, 4.69) is 4.90 Å². The molecule has 3 rings (SSSR count). The van der Waals surface area contributed by atoms with Gasteiger partial charge in [-0.2, -0.15) is 0 Å². The molecule has 1 saturated heterocycles. The van der Waals surface area contributed by atoms with Crippen LogP contribution in [0, 0.1) is 0 Å². The molecule has 22 heavy (non-hydrogen) atoms. The van der Waals surface area contributed by atoms with Crippen LogP contribution in [-0.4, -0.2) is 71.2 Å². The monoisotopic (exact) mass is 305 g/mol. The number of aliphatic hydroxyl groups is 1. The minimum Gasteiger partial charge on any atom is -0.397 e. The Hall–Kier alpha value is -2.16. The highest BCUT2D eigenvalue weighted by molar-refractivity contribution is 6.21. The number of nitrogen functional groups attached to an aromatic ring is 2. The van der Waals surface area contributed by atoms with E-state index in [0.29, 0.717) is 55.2 Å². The Kier molecular flexibility index (Phi) is 3.73.